The van der Waals surface area contributed by atoms with Crippen molar-refractivity contribution in [1.29, 1.82) is 0 Å². The number of aromatic nitrogens is 1. The van der Waals surface area contributed by atoms with Gasteiger partial charge in [0, 0.05) is 35.9 Å². The summed E-state index contributed by atoms with van der Waals surface area (Å²) in [7, 11) is 0. The van der Waals surface area contributed by atoms with Crippen LogP contribution >= 0.6 is 11.6 Å². The van der Waals surface area contributed by atoms with E-state index in [2.05, 4.69) is 4.57 Å². The highest BCUT2D eigenvalue weighted by Crippen LogP contribution is 2.43. The van der Waals surface area contributed by atoms with Crippen LogP contribution in [0.2, 0.25) is 5.02 Å². The molecule has 1 amide bonds. The highest BCUT2D eigenvalue weighted by molar-refractivity contribution is 6.34. The van der Waals surface area contributed by atoms with Crippen LogP contribution in [-0.2, 0) is 16.9 Å². The predicted molar refractivity (Wildman–Crippen MR) is 125 cm³/mol. The molecule has 0 spiro atoms. The SMILES string of the molecule is O=C(CC1(O)C(=O)N(CCn2ccc3ccccc32)c2ccccc21)c1ccccc1Cl. The summed E-state index contributed by atoms with van der Waals surface area (Å²) >= 11 is 6.17. The van der Waals surface area contributed by atoms with E-state index in [1.807, 2.05) is 42.6 Å². The Hall–Kier alpha value is -3.41. The Morgan fingerprint density at radius 3 is 2.47 bits per heavy atom. The van der Waals surface area contributed by atoms with Crippen molar-refractivity contribution in [3.63, 3.8) is 0 Å². The first-order valence-electron chi connectivity index (χ1n) is 10.4. The van der Waals surface area contributed by atoms with Gasteiger partial charge >= 0.3 is 0 Å². The van der Waals surface area contributed by atoms with Gasteiger partial charge in [0.25, 0.3) is 5.91 Å². The number of nitrogens with zero attached hydrogens (tertiary/aromatic N) is 2. The van der Waals surface area contributed by atoms with Gasteiger partial charge in [-0.25, -0.2) is 0 Å². The minimum Gasteiger partial charge on any atom is -0.375 e. The number of halogens is 1. The van der Waals surface area contributed by atoms with Crippen molar-refractivity contribution in [3.05, 3.63) is 101 Å². The molecule has 1 aliphatic heterocycles. The number of ketones is 1. The van der Waals surface area contributed by atoms with Crippen molar-refractivity contribution >= 4 is 39.9 Å². The lowest BCUT2D eigenvalue weighted by atomic mass is 9.88. The normalized spacial score (nSPS) is 17.7. The number of carbonyl (C=O) groups excluding carboxylic acids is 2. The van der Waals surface area contributed by atoms with E-state index in [0.29, 0.717) is 34.9 Å². The fourth-order valence-corrected chi connectivity index (χ4v) is 4.70. The molecule has 160 valence electrons. The van der Waals surface area contributed by atoms with E-state index in [4.69, 9.17) is 11.6 Å². The lowest BCUT2D eigenvalue weighted by Crippen LogP contribution is -2.42. The van der Waals surface area contributed by atoms with Gasteiger partial charge in [-0.15, -0.1) is 0 Å². The summed E-state index contributed by atoms with van der Waals surface area (Å²) in [4.78, 5) is 28.0. The smallest absolute Gasteiger partial charge is 0.264 e. The Kier molecular flexibility index (Phi) is 5.08. The monoisotopic (exact) mass is 444 g/mol. The summed E-state index contributed by atoms with van der Waals surface area (Å²) in [6.45, 7) is 0.930. The summed E-state index contributed by atoms with van der Waals surface area (Å²) in [6, 6.07) is 23.9. The third-order valence-electron chi connectivity index (χ3n) is 6.07. The Morgan fingerprint density at radius 1 is 0.906 bits per heavy atom. The number of aliphatic hydroxyl groups is 1. The molecule has 1 aliphatic rings. The van der Waals surface area contributed by atoms with E-state index in [-0.39, 0.29) is 12.2 Å². The van der Waals surface area contributed by atoms with Gasteiger partial charge in [0.15, 0.2) is 11.4 Å². The molecule has 5 nitrogen and oxygen atoms in total. The van der Waals surface area contributed by atoms with E-state index in [9.17, 15) is 14.7 Å². The summed E-state index contributed by atoms with van der Waals surface area (Å²) < 4.78 is 2.08. The number of hydrogen-bond acceptors (Lipinski definition) is 3. The van der Waals surface area contributed by atoms with Crippen LogP contribution in [0.3, 0.4) is 0 Å². The minimum atomic E-state index is -1.92. The van der Waals surface area contributed by atoms with Crippen LogP contribution in [0.15, 0.2) is 85.1 Å². The highest BCUT2D eigenvalue weighted by atomic mass is 35.5. The maximum Gasteiger partial charge on any atom is 0.264 e. The molecule has 32 heavy (non-hydrogen) atoms. The zero-order valence-corrected chi connectivity index (χ0v) is 18.0. The van der Waals surface area contributed by atoms with Crippen LogP contribution in [0, 0.1) is 0 Å². The molecule has 5 rings (SSSR count). The second kappa shape index (κ2) is 7.93. The van der Waals surface area contributed by atoms with Crippen LogP contribution < -0.4 is 4.90 Å². The second-order valence-electron chi connectivity index (χ2n) is 7.98. The second-order valence-corrected chi connectivity index (χ2v) is 8.39. The predicted octanol–water partition coefficient (Wildman–Crippen LogP) is 4.80. The summed E-state index contributed by atoms with van der Waals surface area (Å²) in [5.41, 5.74) is 0.527. The molecular weight excluding hydrogens is 424 g/mol. The third-order valence-corrected chi connectivity index (χ3v) is 6.40. The molecule has 1 aromatic heterocycles. The maximum absolute atomic E-state index is 13.4. The van der Waals surface area contributed by atoms with E-state index in [1.165, 1.54) is 0 Å². The van der Waals surface area contributed by atoms with Crippen LogP contribution in [0.1, 0.15) is 22.3 Å². The van der Waals surface area contributed by atoms with Crippen LogP contribution in [0.5, 0.6) is 0 Å². The van der Waals surface area contributed by atoms with Crippen LogP contribution in [-0.4, -0.2) is 27.9 Å². The summed E-state index contributed by atoms with van der Waals surface area (Å²) in [5.74, 6) is -0.866. The molecule has 0 saturated heterocycles. The first-order valence-corrected chi connectivity index (χ1v) is 10.8. The number of para-hydroxylation sites is 2. The first-order chi connectivity index (χ1) is 15.5. The molecule has 4 aromatic rings. The molecule has 1 unspecified atom stereocenters. The van der Waals surface area contributed by atoms with Crippen LogP contribution in [0.4, 0.5) is 5.69 Å². The van der Waals surface area contributed by atoms with Gasteiger partial charge < -0.3 is 14.6 Å². The van der Waals surface area contributed by atoms with Gasteiger partial charge in [0.05, 0.1) is 17.1 Å². The van der Waals surface area contributed by atoms with Crippen molar-refractivity contribution in [1.82, 2.24) is 4.57 Å². The number of hydrogen-bond donors (Lipinski definition) is 1. The van der Waals surface area contributed by atoms with Gasteiger partial charge in [-0.1, -0.05) is 60.1 Å². The van der Waals surface area contributed by atoms with Crippen molar-refractivity contribution in [2.45, 2.75) is 18.6 Å². The van der Waals surface area contributed by atoms with Crippen LogP contribution in [0.25, 0.3) is 10.9 Å². The Morgan fingerprint density at radius 2 is 1.62 bits per heavy atom. The van der Waals surface area contributed by atoms with Crippen molar-refractivity contribution in [3.8, 4) is 0 Å². The average Bonchev–Trinajstić information content (AvgIpc) is 3.30. The molecular formula is C26H21ClN2O3. The zero-order valence-electron chi connectivity index (χ0n) is 17.2. The van der Waals surface area contributed by atoms with Crippen molar-refractivity contribution in [2.75, 3.05) is 11.4 Å². The number of rotatable bonds is 6. The molecule has 0 saturated carbocycles. The molecule has 0 bridgehead atoms. The number of fused-ring (bicyclic) bond motifs is 2. The quantitative estimate of drug-likeness (QED) is 0.434. The fraction of sp³-hybridized carbons (Fsp3) is 0.154. The molecule has 1 N–H and O–H groups in total. The largest absolute Gasteiger partial charge is 0.375 e. The van der Waals surface area contributed by atoms with E-state index < -0.39 is 11.5 Å². The third kappa shape index (κ3) is 3.30. The Labute approximate surface area is 190 Å². The van der Waals surface area contributed by atoms with E-state index in [1.54, 1.807) is 47.4 Å². The van der Waals surface area contributed by atoms with Crippen molar-refractivity contribution < 1.29 is 14.7 Å². The van der Waals surface area contributed by atoms with Gasteiger partial charge in [0.1, 0.15) is 0 Å². The molecule has 0 radical (unpaired) electrons. The fourth-order valence-electron chi connectivity index (χ4n) is 4.46. The number of anilines is 1. The molecule has 3 aromatic carbocycles. The molecule has 6 heteroatoms. The maximum atomic E-state index is 13.4. The standard InChI is InChI=1S/C26H21ClN2O3/c27-21-10-4-2-8-19(21)24(30)17-26(32)20-9-3-6-12-23(20)29(25(26)31)16-15-28-14-13-18-7-1-5-11-22(18)28/h1-14,32H,15-17H2. The highest BCUT2D eigenvalue weighted by Gasteiger charge is 2.50. The zero-order chi connectivity index (χ0) is 22.3. The lowest BCUT2D eigenvalue weighted by Gasteiger charge is -2.23. The first kappa shape index (κ1) is 20.5. The Balaban J connectivity index is 1.44. The lowest BCUT2D eigenvalue weighted by molar-refractivity contribution is -0.135. The van der Waals surface area contributed by atoms with Gasteiger partial charge in [0.2, 0.25) is 0 Å². The number of carbonyl (C=O) groups is 2. The molecule has 0 fully saturated rings. The molecule has 0 aliphatic carbocycles. The molecule has 1 atom stereocenters. The average molecular weight is 445 g/mol. The topological polar surface area (TPSA) is 62.5 Å². The Bertz CT molecular complexity index is 1350. The summed E-state index contributed by atoms with van der Waals surface area (Å²) in [6.07, 6.45) is 1.62. The number of benzene rings is 3. The number of amides is 1. The van der Waals surface area contributed by atoms with Gasteiger partial charge in [-0.2, -0.15) is 0 Å². The van der Waals surface area contributed by atoms with E-state index >= 15 is 0 Å². The van der Waals surface area contributed by atoms with Crippen molar-refractivity contribution in [2.24, 2.45) is 0 Å². The van der Waals surface area contributed by atoms with E-state index in [0.717, 1.165) is 10.9 Å². The number of Topliss-reactive ketones (excluding diaryl/α,β-unsaturated/α-hetero) is 1. The summed E-state index contributed by atoms with van der Waals surface area (Å²) in [5, 5.41) is 12.9. The van der Waals surface area contributed by atoms with Gasteiger partial charge in [-0.05, 0) is 35.7 Å². The minimum absolute atomic E-state index is 0.296. The molecule has 2 heterocycles. The van der Waals surface area contributed by atoms with Gasteiger partial charge in [-0.3, -0.25) is 9.59 Å².